The molecule has 4 aromatic rings. The summed E-state index contributed by atoms with van der Waals surface area (Å²) < 4.78 is 4.96. The molecule has 0 fully saturated rings. The number of anilines is 2. The highest BCUT2D eigenvalue weighted by atomic mass is 32.2. The van der Waals surface area contributed by atoms with Crippen LogP contribution >= 0.6 is 23.1 Å². The van der Waals surface area contributed by atoms with Crippen LogP contribution in [0.4, 0.5) is 10.8 Å². The average molecular weight is 416 g/mol. The molecule has 0 saturated carbocycles. The minimum atomic E-state index is -0.403. The lowest BCUT2D eigenvalue weighted by Crippen LogP contribution is -2.37. The summed E-state index contributed by atoms with van der Waals surface area (Å²) >= 11 is 2.71. The lowest BCUT2D eigenvalue weighted by molar-refractivity contribution is 0.684. The van der Waals surface area contributed by atoms with Crippen molar-refractivity contribution in [1.82, 2.24) is 28.9 Å². The van der Waals surface area contributed by atoms with Gasteiger partial charge < -0.3 is 9.88 Å². The van der Waals surface area contributed by atoms with Gasteiger partial charge in [0.25, 0.3) is 5.56 Å². The van der Waals surface area contributed by atoms with Gasteiger partial charge in [-0.2, -0.15) is 0 Å². The average Bonchev–Trinajstić information content (AvgIpc) is 3.30. The maximum absolute atomic E-state index is 12.6. The highest BCUT2D eigenvalue weighted by Gasteiger charge is 2.20. The molecule has 1 N–H and O–H groups in total. The van der Waals surface area contributed by atoms with Crippen molar-refractivity contribution < 1.29 is 0 Å². The standard InChI is InChI=1S/C17H17N7O2S2/c1-4-24-11-12(22(2)17(26)23(3)13(11)25)19-15(24)28-16-21-20-14(27-16)18-10-8-6-5-7-9-10/h5-9H,4H2,1-3H3,(H,18,20). The monoisotopic (exact) mass is 415 g/mol. The summed E-state index contributed by atoms with van der Waals surface area (Å²) in [5, 5.41) is 12.8. The van der Waals surface area contributed by atoms with Crippen molar-refractivity contribution in [1.29, 1.82) is 0 Å². The van der Waals surface area contributed by atoms with Crippen LogP contribution in [0.15, 0.2) is 49.4 Å². The van der Waals surface area contributed by atoms with E-state index in [1.54, 1.807) is 11.6 Å². The summed E-state index contributed by atoms with van der Waals surface area (Å²) in [5.74, 6) is 0. The van der Waals surface area contributed by atoms with Crippen LogP contribution in [0.3, 0.4) is 0 Å². The Morgan fingerprint density at radius 2 is 1.86 bits per heavy atom. The molecule has 28 heavy (non-hydrogen) atoms. The van der Waals surface area contributed by atoms with Crippen molar-refractivity contribution in [3.63, 3.8) is 0 Å². The van der Waals surface area contributed by atoms with Crippen molar-refractivity contribution in [2.24, 2.45) is 14.1 Å². The van der Waals surface area contributed by atoms with Crippen molar-refractivity contribution in [3.05, 3.63) is 51.2 Å². The lowest BCUT2D eigenvalue weighted by Gasteiger charge is -2.05. The van der Waals surface area contributed by atoms with Crippen LogP contribution in [0.5, 0.6) is 0 Å². The number of nitrogens with zero attached hydrogens (tertiary/aromatic N) is 6. The van der Waals surface area contributed by atoms with Gasteiger partial charge in [0.15, 0.2) is 20.7 Å². The number of benzene rings is 1. The van der Waals surface area contributed by atoms with E-state index >= 15 is 0 Å². The van der Waals surface area contributed by atoms with Crippen molar-refractivity contribution in [3.8, 4) is 0 Å². The quantitative estimate of drug-likeness (QED) is 0.533. The van der Waals surface area contributed by atoms with Crippen LogP contribution in [0.1, 0.15) is 6.92 Å². The molecular weight excluding hydrogens is 398 g/mol. The Balaban J connectivity index is 1.71. The van der Waals surface area contributed by atoms with E-state index in [-0.39, 0.29) is 5.56 Å². The summed E-state index contributed by atoms with van der Waals surface area (Å²) in [7, 11) is 3.08. The molecule has 4 rings (SSSR count). The largest absolute Gasteiger partial charge is 0.332 e. The van der Waals surface area contributed by atoms with Gasteiger partial charge in [0.1, 0.15) is 0 Å². The van der Waals surface area contributed by atoms with Gasteiger partial charge in [-0.1, -0.05) is 29.5 Å². The van der Waals surface area contributed by atoms with Crippen LogP contribution in [-0.2, 0) is 20.6 Å². The van der Waals surface area contributed by atoms with Crippen LogP contribution in [0.2, 0.25) is 0 Å². The van der Waals surface area contributed by atoms with Gasteiger partial charge in [0.05, 0.1) is 0 Å². The Morgan fingerprint density at radius 1 is 1.11 bits per heavy atom. The summed E-state index contributed by atoms with van der Waals surface area (Å²) in [5.41, 5.74) is 0.934. The van der Waals surface area contributed by atoms with E-state index in [2.05, 4.69) is 20.5 Å². The molecule has 9 nitrogen and oxygen atoms in total. The predicted octanol–water partition coefficient (Wildman–Crippen LogP) is 2.20. The number of hydrogen-bond acceptors (Lipinski definition) is 8. The number of rotatable bonds is 5. The third kappa shape index (κ3) is 3.12. The Bertz CT molecular complexity index is 1270. The van der Waals surface area contributed by atoms with Crippen LogP contribution < -0.4 is 16.6 Å². The molecule has 0 aliphatic rings. The summed E-state index contributed by atoms with van der Waals surface area (Å²) in [6, 6.07) is 9.71. The Morgan fingerprint density at radius 3 is 2.57 bits per heavy atom. The Labute approximate surface area is 167 Å². The highest BCUT2D eigenvalue weighted by molar-refractivity contribution is 8.01. The number of fused-ring (bicyclic) bond motifs is 1. The van der Waals surface area contributed by atoms with E-state index < -0.39 is 5.69 Å². The second-order valence-corrected chi connectivity index (χ2v) is 8.17. The number of hydrogen-bond donors (Lipinski definition) is 1. The normalized spacial score (nSPS) is 11.2. The first-order valence-electron chi connectivity index (χ1n) is 8.49. The fourth-order valence-corrected chi connectivity index (χ4v) is 4.65. The SMILES string of the molecule is CCn1c(Sc2nnc(Nc3ccccc3)s2)nc2c1c(=O)n(C)c(=O)n2C. The first-order chi connectivity index (χ1) is 13.5. The molecule has 1 aromatic carbocycles. The number of aryl methyl sites for hydroxylation is 2. The molecule has 0 amide bonds. The van der Waals surface area contributed by atoms with Crippen LogP contribution in [-0.4, -0.2) is 28.9 Å². The van der Waals surface area contributed by atoms with E-state index in [4.69, 9.17) is 0 Å². The molecule has 0 radical (unpaired) electrons. The molecule has 0 aliphatic heterocycles. The van der Waals surface area contributed by atoms with Crippen molar-refractivity contribution >= 4 is 45.1 Å². The third-order valence-electron chi connectivity index (χ3n) is 4.24. The molecular formula is C17H17N7O2S2. The molecule has 0 bridgehead atoms. The van der Waals surface area contributed by atoms with Gasteiger partial charge in [-0.25, -0.2) is 9.78 Å². The fourth-order valence-electron chi connectivity index (χ4n) is 2.82. The Hall–Kier alpha value is -2.92. The zero-order valence-corrected chi connectivity index (χ0v) is 17.0. The summed E-state index contributed by atoms with van der Waals surface area (Å²) in [4.78, 5) is 29.3. The minimum Gasteiger partial charge on any atom is -0.330 e. The maximum Gasteiger partial charge on any atom is 0.332 e. The van der Waals surface area contributed by atoms with Gasteiger partial charge in [0, 0.05) is 26.3 Å². The second kappa shape index (κ2) is 7.24. The van der Waals surface area contributed by atoms with Gasteiger partial charge in [-0.15, -0.1) is 10.2 Å². The molecule has 0 unspecified atom stereocenters. The molecule has 0 spiro atoms. The highest BCUT2D eigenvalue weighted by Crippen LogP contribution is 2.33. The van der Waals surface area contributed by atoms with Gasteiger partial charge in [0.2, 0.25) is 5.13 Å². The van der Waals surface area contributed by atoms with Crippen molar-refractivity contribution in [2.75, 3.05) is 5.32 Å². The molecule has 3 heterocycles. The summed E-state index contributed by atoms with van der Waals surface area (Å²) in [6.07, 6.45) is 0. The molecule has 0 saturated heterocycles. The number of nitrogens with one attached hydrogen (secondary N) is 1. The first-order valence-corrected chi connectivity index (χ1v) is 10.1. The van der Waals surface area contributed by atoms with E-state index in [0.717, 1.165) is 10.3 Å². The van der Waals surface area contributed by atoms with E-state index in [9.17, 15) is 9.59 Å². The smallest absolute Gasteiger partial charge is 0.330 e. The predicted molar refractivity (Wildman–Crippen MR) is 110 cm³/mol. The van der Waals surface area contributed by atoms with Gasteiger partial charge in [-0.05, 0) is 30.8 Å². The van der Waals surface area contributed by atoms with E-state index in [1.807, 2.05) is 37.3 Å². The second-order valence-electron chi connectivity index (χ2n) is 5.98. The zero-order valence-electron chi connectivity index (χ0n) is 15.4. The van der Waals surface area contributed by atoms with Gasteiger partial charge >= 0.3 is 5.69 Å². The zero-order chi connectivity index (χ0) is 19.8. The maximum atomic E-state index is 12.6. The first kappa shape index (κ1) is 18.4. The summed E-state index contributed by atoms with van der Waals surface area (Å²) in [6.45, 7) is 2.47. The molecule has 0 aliphatic carbocycles. The molecule has 3 aromatic heterocycles. The van der Waals surface area contributed by atoms with Crippen LogP contribution in [0.25, 0.3) is 11.2 Å². The fraction of sp³-hybridized carbons (Fsp3) is 0.235. The number of imidazole rings is 1. The van der Waals surface area contributed by atoms with E-state index in [1.165, 1.54) is 34.7 Å². The van der Waals surface area contributed by atoms with Gasteiger partial charge in [-0.3, -0.25) is 13.9 Å². The molecule has 11 heteroatoms. The third-order valence-corrected chi connectivity index (χ3v) is 6.12. The molecule has 144 valence electrons. The van der Waals surface area contributed by atoms with E-state index in [0.29, 0.717) is 32.3 Å². The minimum absolute atomic E-state index is 0.358. The lowest BCUT2D eigenvalue weighted by atomic mass is 10.3. The Kier molecular flexibility index (Phi) is 4.77. The number of aromatic nitrogens is 6. The van der Waals surface area contributed by atoms with Crippen LogP contribution in [0, 0.1) is 0 Å². The topological polar surface area (TPSA) is 99.6 Å². The molecule has 0 atom stereocenters. The van der Waals surface area contributed by atoms with Crippen molar-refractivity contribution in [2.45, 2.75) is 23.0 Å². The number of para-hydroxylation sites is 1.